The molecule has 0 aromatic carbocycles. The number of hydrogen-bond acceptors (Lipinski definition) is 7. The lowest BCUT2D eigenvalue weighted by molar-refractivity contribution is 0.327. The van der Waals surface area contributed by atoms with E-state index in [4.69, 9.17) is 10.00 Å². The minimum Gasteiger partial charge on any atom is -0.478 e. The Morgan fingerprint density at radius 1 is 0.871 bits per heavy atom. The second-order valence-corrected chi connectivity index (χ2v) is 6.65. The maximum Gasteiger partial charge on any atom is 0.213 e. The van der Waals surface area contributed by atoms with Gasteiger partial charge in [0.1, 0.15) is 11.8 Å². The third kappa shape index (κ3) is 4.49. The third-order valence-electron chi connectivity index (χ3n) is 4.69. The maximum absolute atomic E-state index is 9.16. The fourth-order valence-electron chi connectivity index (χ4n) is 3.36. The van der Waals surface area contributed by atoms with Crippen LogP contribution in [0.25, 0.3) is 0 Å². The van der Waals surface area contributed by atoms with Crippen molar-refractivity contribution < 1.29 is 4.74 Å². The van der Waals surface area contributed by atoms with E-state index in [-0.39, 0.29) is 6.04 Å². The lowest BCUT2D eigenvalue weighted by Crippen LogP contribution is -2.25. The number of nitriles is 1. The number of nitrogens with zero attached hydrogens (tertiary/aromatic N) is 6. The zero-order valence-corrected chi connectivity index (χ0v) is 17.0. The average Bonchev–Trinajstić information content (AvgIpc) is 2.84. The van der Waals surface area contributed by atoms with Crippen molar-refractivity contribution in [1.29, 1.82) is 5.26 Å². The van der Waals surface area contributed by atoms with Crippen molar-refractivity contribution >= 4 is 11.4 Å². The Balaban J connectivity index is 1.89. The van der Waals surface area contributed by atoms with Gasteiger partial charge in [-0.3, -0.25) is 9.97 Å². The molecule has 0 radical (unpaired) electrons. The molecule has 7 nitrogen and oxygen atoms in total. The van der Waals surface area contributed by atoms with Gasteiger partial charge in [-0.25, -0.2) is 9.97 Å². The summed E-state index contributed by atoms with van der Waals surface area (Å²) in [5.74, 6) is 0.559. The number of ether oxygens (including phenoxy) is 1. The van der Waals surface area contributed by atoms with Gasteiger partial charge < -0.3 is 9.64 Å². The zero-order chi connectivity index (χ0) is 21.5. The van der Waals surface area contributed by atoms with E-state index < -0.39 is 0 Å². The third-order valence-corrected chi connectivity index (χ3v) is 4.69. The number of hydrogen-bond donors (Lipinski definition) is 0. The molecule has 4 aromatic rings. The lowest BCUT2D eigenvalue weighted by atomic mass is 9.98. The smallest absolute Gasteiger partial charge is 0.213 e. The van der Waals surface area contributed by atoms with E-state index in [0.29, 0.717) is 18.2 Å². The molecule has 0 bridgehead atoms. The highest BCUT2D eigenvalue weighted by atomic mass is 16.5. The quantitative estimate of drug-likeness (QED) is 0.446. The first-order valence-corrected chi connectivity index (χ1v) is 9.84. The summed E-state index contributed by atoms with van der Waals surface area (Å²) in [4.78, 5) is 19.5. The van der Waals surface area contributed by atoms with Gasteiger partial charge in [0.25, 0.3) is 0 Å². The molecule has 0 amide bonds. The topological polar surface area (TPSA) is 87.8 Å². The van der Waals surface area contributed by atoms with Crippen molar-refractivity contribution in [3.8, 4) is 11.9 Å². The van der Waals surface area contributed by atoms with E-state index in [2.05, 4.69) is 30.9 Å². The van der Waals surface area contributed by atoms with Crippen LogP contribution in [0.15, 0.2) is 85.7 Å². The van der Waals surface area contributed by atoms with Crippen LogP contribution in [0.1, 0.15) is 29.8 Å². The van der Waals surface area contributed by atoms with Crippen molar-refractivity contribution in [3.05, 3.63) is 103 Å². The summed E-state index contributed by atoms with van der Waals surface area (Å²) in [5.41, 5.74) is 3.96. The second-order valence-electron chi connectivity index (χ2n) is 6.65. The highest BCUT2D eigenvalue weighted by Crippen LogP contribution is 2.38. The van der Waals surface area contributed by atoms with Crippen molar-refractivity contribution in [2.75, 3.05) is 11.5 Å². The van der Waals surface area contributed by atoms with Gasteiger partial charge in [-0.15, -0.1) is 0 Å². The van der Waals surface area contributed by atoms with Crippen molar-refractivity contribution in [3.63, 3.8) is 0 Å². The summed E-state index contributed by atoms with van der Waals surface area (Å²) in [6, 6.07) is 17.1. The summed E-state index contributed by atoms with van der Waals surface area (Å²) in [6.45, 7) is 2.47. The molecular weight excluding hydrogens is 388 g/mol. The minimum atomic E-state index is -0.239. The van der Waals surface area contributed by atoms with Crippen LogP contribution >= 0.6 is 0 Å². The lowest BCUT2D eigenvalue weighted by Gasteiger charge is -2.34. The number of aromatic nitrogens is 4. The summed E-state index contributed by atoms with van der Waals surface area (Å²) in [6.07, 6.45) is 10.6. The number of anilines is 2. The van der Waals surface area contributed by atoms with E-state index >= 15 is 0 Å². The van der Waals surface area contributed by atoms with Crippen LogP contribution in [0, 0.1) is 11.3 Å². The molecule has 31 heavy (non-hydrogen) atoms. The molecule has 0 saturated heterocycles. The Kier molecular flexibility index (Phi) is 6.10. The summed E-state index contributed by atoms with van der Waals surface area (Å²) in [7, 11) is 0. The molecule has 4 rings (SSSR count). The van der Waals surface area contributed by atoms with Crippen molar-refractivity contribution in [1.82, 2.24) is 19.9 Å². The predicted molar refractivity (Wildman–Crippen MR) is 117 cm³/mol. The molecule has 0 fully saturated rings. The zero-order valence-electron chi connectivity index (χ0n) is 17.0. The fraction of sp³-hybridized carbons (Fsp3) is 0.125. The Hall–Kier alpha value is -4.31. The molecular formula is C24H20N6O. The van der Waals surface area contributed by atoms with Crippen LogP contribution in [-0.4, -0.2) is 26.5 Å². The maximum atomic E-state index is 9.16. The van der Waals surface area contributed by atoms with Crippen LogP contribution in [0.4, 0.5) is 11.4 Å². The highest BCUT2D eigenvalue weighted by Gasteiger charge is 2.26. The molecule has 7 heteroatoms. The van der Waals surface area contributed by atoms with Gasteiger partial charge in [0.05, 0.1) is 36.4 Å². The first-order chi connectivity index (χ1) is 15.3. The Morgan fingerprint density at radius 3 is 1.97 bits per heavy atom. The van der Waals surface area contributed by atoms with Crippen molar-refractivity contribution in [2.24, 2.45) is 0 Å². The van der Waals surface area contributed by atoms with E-state index in [9.17, 15) is 0 Å². The van der Waals surface area contributed by atoms with Gasteiger partial charge in [0, 0.05) is 30.9 Å². The molecule has 4 heterocycles. The van der Waals surface area contributed by atoms with Crippen LogP contribution in [-0.2, 0) is 0 Å². The van der Waals surface area contributed by atoms with E-state index in [1.165, 1.54) is 0 Å². The first-order valence-electron chi connectivity index (χ1n) is 9.84. The van der Waals surface area contributed by atoms with E-state index in [0.717, 1.165) is 22.5 Å². The van der Waals surface area contributed by atoms with Crippen molar-refractivity contribution in [2.45, 2.75) is 13.0 Å². The number of rotatable bonds is 7. The molecule has 0 spiro atoms. The molecule has 0 unspecified atom stereocenters. The molecule has 0 N–H and O–H groups in total. The van der Waals surface area contributed by atoms with Gasteiger partial charge in [-0.05, 0) is 48.4 Å². The van der Waals surface area contributed by atoms with E-state index in [1.54, 1.807) is 30.9 Å². The Morgan fingerprint density at radius 2 is 1.52 bits per heavy atom. The Bertz CT molecular complexity index is 1100. The standard InChI is InChI=1S/C24H20N6O/c1-2-31-23-10-9-22(17-29-23)30(21-8-7-20(13-25)28-16-21)24(18-5-3-11-26-14-18)19-6-4-12-27-15-19/h3-12,14-17,24H,2H2,1H3. The summed E-state index contributed by atoms with van der Waals surface area (Å²) < 4.78 is 5.51. The SMILES string of the molecule is CCOc1ccc(N(c2ccc(C#N)nc2)C(c2cccnc2)c2cccnc2)cn1. The van der Waals surface area contributed by atoms with Gasteiger partial charge in [0.15, 0.2) is 0 Å². The largest absolute Gasteiger partial charge is 0.478 e. The highest BCUT2D eigenvalue weighted by molar-refractivity contribution is 5.66. The average molecular weight is 408 g/mol. The Labute approximate surface area is 180 Å². The second kappa shape index (κ2) is 9.46. The molecule has 0 aliphatic heterocycles. The van der Waals surface area contributed by atoms with Crippen LogP contribution in [0.2, 0.25) is 0 Å². The molecule has 0 aliphatic carbocycles. The minimum absolute atomic E-state index is 0.239. The number of pyridine rings is 4. The first kappa shape index (κ1) is 20.0. The van der Waals surface area contributed by atoms with Gasteiger partial charge in [-0.1, -0.05) is 12.1 Å². The van der Waals surface area contributed by atoms with Gasteiger partial charge in [-0.2, -0.15) is 5.26 Å². The monoisotopic (exact) mass is 408 g/mol. The molecule has 0 atom stereocenters. The van der Waals surface area contributed by atoms with Crippen LogP contribution in [0.3, 0.4) is 0 Å². The van der Waals surface area contributed by atoms with Gasteiger partial charge >= 0.3 is 0 Å². The summed E-state index contributed by atoms with van der Waals surface area (Å²) in [5, 5.41) is 9.16. The fourth-order valence-corrected chi connectivity index (χ4v) is 3.36. The molecule has 0 saturated carbocycles. The normalized spacial score (nSPS) is 10.5. The van der Waals surface area contributed by atoms with Crippen LogP contribution in [0.5, 0.6) is 5.88 Å². The van der Waals surface area contributed by atoms with Crippen LogP contribution < -0.4 is 9.64 Å². The molecule has 0 aliphatic rings. The molecule has 152 valence electrons. The van der Waals surface area contributed by atoms with E-state index in [1.807, 2.05) is 61.8 Å². The predicted octanol–water partition coefficient (Wildman–Crippen LogP) is 4.46. The molecule has 4 aromatic heterocycles. The van der Waals surface area contributed by atoms with Gasteiger partial charge in [0.2, 0.25) is 5.88 Å². The summed E-state index contributed by atoms with van der Waals surface area (Å²) >= 11 is 0.